The second-order valence-corrected chi connectivity index (χ2v) is 5.08. The molecule has 1 aromatic heterocycles. The number of hydrogen-bond acceptors (Lipinski definition) is 3. The molecule has 1 N–H and O–H groups in total. The number of hydrogen-bond donors (Lipinski definition) is 1. The van der Waals surface area contributed by atoms with Crippen molar-refractivity contribution < 1.29 is 9.53 Å². The second kappa shape index (κ2) is 5.38. The van der Waals surface area contributed by atoms with Gasteiger partial charge in [-0.25, -0.2) is 4.98 Å². The number of aromatic nitrogens is 1. The van der Waals surface area contributed by atoms with Crippen molar-refractivity contribution in [3.63, 3.8) is 0 Å². The van der Waals surface area contributed by atoms with Gasteiger partial charge in [-0.05, 0) is 25.8 Å². The van der Waals surface area contributed by atoms with Crippen molar-refractivity contribution in [3.05, 3.63) is 23.9 Å². The maximum absolute atomic E-state index is 11.3. The molecule has 1 aliphatic carbocycles. The molecule has 1 fully saturated rings. The smallest absolute Gasteiger partial charge is 0.217 e. The molecular weight excluding hydrogens is 228 g/mol. The summed E-state index contributed by atoms with van der Waals surface area (Å²) in [7, 11) is 0. The lowest BCUT2D eigenvalue weighted by Gasteiger charge is -2.29. The van der Waals surface area contributed by atoms with Crippen LogP contribution in [0.25, 0.3) is 0 Å². The average Bonchev–Trinajstić information content (AvgIpc) is 2.76. The summed E-state index contributed by atoms with van der Waals surface area (Å²) in [6.45, 7) is 4.04. The standard InChI is InChI=1S/C14H20N2O2/c1-11-6-5-9-15-13(11)18-10-14(16-12(2)17)7-3-4-8-14/h5-6,9H,3-4,7-8,10H2,1-2H3,(H,16,17). The molecule has 1 amide bonds. The first-order valence-corrected chi connectivity index (χ1v) is 6.44. The minimum Gasteiger partial charge on any atom is -0.475 e. The third-order valence-corrected chi connectivity index (χ3v) is 3.45. The van der Waals surface area contributed by atoms with Crippen molar-refractivity contribution >= 4 is 5.91 Å². The van der Waals surface area contributed by atoms with Gasteiger partial charge in [-0.2, -0.15) is 0 Å². The number of nitrogens with one attached hydrogen (secondary N) is 1. The van der Waals surface area contributed by atoms with E-state index in [0.29, 0.717) is 12.5 Å². The molecule has 18 heavy (non-hydrogen) atoms. The number of carbonyl (C=O) groups excluding carboxylic acids is 1. The molecule has 1 saturated carbocycles. The molecule has 0 aromatic carbocycles. The Balaban J connectivity index is 2.02. The van der Waals surface area contributed by atoms with Crippen LogP contribution in [0.5, 0.6) is 5.88 Å². The zero-order valence-corrected chi connectivity index (χ0v) is 11.0. The molecule has 4 nitrogen and oxygen atoms in total. The van der Waals surface area contributed by atoms with E-state index in [9.17, 15) is 4.79 Å². The Morgan fingerprint density at radius 3 is 2.83 bits per heavy atom. The summed E-state index contributed by atoms with van der Waals surface area (Å²) in [5, 5.41) is 3.05. The van der Waals surface area contributed by atoms with Crippen LogP contribution in [0.15, 0.2) is 18.3 Å². The summed E-state index contributed by atoms with van der Waals surface area (Å²) < 4.78 is 5.80. The van der Waals surface area contributed by atoms with E-state index >= 15 is 0 Å². The molecule has 0 aliphatic heterocycles. The van der Waals surface area contributed by atoms with Gasteiger partial charge in [0, 0.05) is 18.7 Å². The lowest BCUT2D eigenvalue weighted by Crippen LogP contribution is -2.50. The minimum atomic E-state index is -0.199. The number of aryl methyl sites for hydroxylation is 1. The molecule has 0 unspecified atom stereocenters. The van der Waals surface area contributed by atoms with E-state index in [4.69, 9.17) is 4.74 Å². The van der Waals surface area contributed by atoms with Gasteiger partial charge in [-0.1, -0.05) is 18.9 Å². The van der Waals surface area contributed by atoms with Crippen LogP contribution in [0, 0.1) is 6.92 Å². The van der Waals surface area contributed by atoms with Gasteiger partial charge in [0.2, 0.25) is 11.8 Å². The fourth-order valence-corrected chi connectivity index (χ4v) is 2.56. The van der Waals surface area contributed by atoms with Gasteiger partial charge in [0.1, 0.15) is 6.61 Å². The van der Waals surface area contributed by atoms with Crippen LogP contribution in [0.3, 0.4) is 0 Å². The number of amides is 1. The number of ether oxygens (including phenoxy) is 1. The highest BCUT2D eigenvalue weighted by Gasteiger charge is 2.35. The SMILES string of the molecule is CC(=O)NC1(COc2ncccc2C)CCCC1. The molecule has 0 radical (unpaired) electrons. The van der Waals surface area contributed by atoms with E-state index in [1.165, 1.54) is 0 Å². The van der Waals surface area contributed by atoms with E-state index in [1.807, 2.05) is 19.1 Å². The molecule has 0 spiro atoms. The van der Waals surface area contributed by atoms with E-state index < -0.39 is 0 Å². The molecule has 0 bridgehead atoms. The van der Waals surface area contributed by atoms with E-state index in [-0.39, 0.29) is 11.4 Å². The zero-order chi connectivity index (χ0) is 13.0. The normalized spacial score (nSPS) is 17.4. The average molecular weight is 248 g/mol. The predicted molar refractivity (Wildman–Crippen MR) is 69.5 cm³/mol. The van der Waals surface area contributed by atoms with Crippen molar-refractivity contribution in [2.24, 2.45) is 0 Å². The van der Waals surface area contributed by atoms with Crippen molar-refractivity contribution in [1.29, 1.82) is 0 Å². The first kappa shape index (κ1) is 12.9. The number of pyridine rings is 1. The van der Waals surface area contributed by atoms with Gasteiger partial charge in [-0.15, -0.1) is 0 Å². The van der Waals surface area contributed by atoms with Crippen LogP contribution >= 0.6 is 0 Å². The van der Waals surface area contributed by atoms with Gasteiger partial charge in [0.25, 0.3) is 0 Å². The van der Waals surface area contributed by atoms with Crippen LogP contribution in [-0.4, -0.2) is 23.0 Å². The Hall–Kier alpha value is -1.58. The zero-order valence-electron chi connectivity index (χ0n) is 11.0. The molecule has 4 heteroatoms. The van der Waals surface area contributed by atoms with Crippen LogP contribution in [-0.2, 0) is 4.79 Å². The van der Waals surface area contributed by atoms with E-state index in [1.54, 1.807) is 13.1 Å². The molecule has 98 valence electrons. The lowest BCUT2D eigenvalue weighted by molar-refractivity contribution is -0.121. The highest BCUT2D eigenvalue weighted by molar-refractivity contribution is 5.73. The summed E-state index contributed by atoms with van der Waals surface area (Å²) >= 11 is 0. The highest BCUT2D eigenvalue weighted by Crippen LogP contribution is 2.30. The molecule has 0 atom stereocenters. The van der Waals surface area contributed by atoms with Crippen LogP contribution in [0.2, 0.25) is 0 Å². The lowest BCUT2D eigenvalue weighted by atomic mass is 9.99. The maximum atomic E-state index is 11.3. The van der Waals surface area contributed by atoms with Gasteiger partial charge < -0.3 is 10.1 Å². The topological polar surface area (TPSA) is 51.2 Å². The molecule has 1 aliphatic rings. The largest absolute Gasteiger partial charge is 0.475 e. The van der Waals surface area contributed by atoms with Crippen molar-refractivity contribution in [2.75, 3.05) is 6.61 Å². The number of carbonyl (C=O) groups is 1. The molecular formula is C14H20N2O2. The number of nitrogens with zero attached hydrogens (tertiary/aromatic N) is 1. The second-order valence-electron chi connectivity index (χ2n) is 5.08. The highest BCUT2D eigenvalue weighted by atomic mass is 16.5. The third-order valence-electron chi connectivity index (χ3n) is 3.45. The van der Waals surface area contributed by atoms with E-state index in [2.05, 4.69) is 10.3 Å². The molecule has 2 rings (SSSR count). The summed E-state index contributed by atoms with van der Waals surface area (Å²) in [5.41, 5.74) is 0.823. The van der Waals surface area contributed by atoms with Gasteiger partial charge in [0.05, 0.1) is 5.54 Å². The van der Waals surface area contributed by atoms with Crippen LogP contribution in [0.4, 0.5) is 0 Å². The fraction of sp³-hybridized carbons (Fsp3) is 0.571. The minimum absolute atomic E-state index is 0.0123. The summed E-state index contributed by atoms with van der Waals surface area (Å²) in [5.74, 6) is 0.673. The Morgan fingerprint density at radius 2 is 2.22 bits per heavy atom. The van der Waals surface area contributed by atoms with Crippen LogP contribution in [0.1, 0.15) is 38.2 Å². The fourth-order valence-electron chi connectivity index (χ4n) is 2.56. The van der Waals surface area contributed by atoms with Crippen molar-refractivity contribution in [1.82, 2.24) is 10.3 Å². The quantitative estimate of drug-likeness (QED) is 0.889. The predicted octanol–water partition coefficient (Wildman–Crippen LogP) is 2.22. The first-order chi connectivity index (χ1) is 8.61. The van der Waals surface area contributed by atoms with Gasteiger partial charge in [-0.3, -0.25) is 4.79 Å². The third kappa shape index (κ3) is 3.00. The summed E-state index contributed by atoms with van der Waals surface area (Å²) in [6, 6.07) is 3.86. The van der Waals surface area contributed by atoms with Gasteiger partial charge in [0.15, 0.2) is 0 Å². The van der Waals surface area contributed by atoms with E-state index in [0.717, 1.165) is 31.2 Å². The van der Waals surface area contributed by atoms with Crippen LogP contribution < -0.4 is 10.1 Å². The van der Waals surface area contributed by atoms with Crippen molar-refractivity contribution in [3.8, 4) is 5.88 Å². The molecule has 1 aromatic rings. The Kier molecular flexibility index (Phi) is 3.84. The Bertz CT molecular complexity index is 426. The molecule has 1 heterocycles. The Labute approximate surface area is 108 Å². The summed E-state index contributed by atoms with van der Waals surface area (Å²) in [6.07, 6.45) is 5.98. The first-order valence-electron chi connectivity index (χ1n) is 6.44. The summed E-state index contributed by atoms with van der Waals surface area (Å²) in [4.78, 5) is 15.5. The number of rotatable bonds is 4. The Morgan fingerprint density at radius 1 is 1.50 bits per heavy atom. The maximum Gasteiger partial charge on any atom is 0.217 e. The molecule has 0 saturated heterocycles. The monoisotopic (exact) mass is 248 g/mol. The van der Waals surface area contributed by atoms with Gasteiger partial charge >= 0.3 is 0 Å². The van der Waals surface area contributed by atoms with Crippen molar-refractivity contribution in [2.45, 2.75) is 45.1 Å².